The molecule has 0 fully saturated rings. The van der Waals surface area contributed by atoms with E-state index in [1.54, 1.807) is 0 Å². The molecule has 0 N–H and O–H groups in total. The molecule has 4 heteroatoms. The van der Waals surface area contributed by atoms with Crippen LogP contribution in [-0.4, -0.2) is 4.57 Å². The largest absolute Gasteiger partial charge is 0.456 e. The zero-order valence-corrected chi connectivity index (χ0v) is 34.7. The van der Waals surface area contributed by atoms with E-state index in [0.717, 1.165) is 105 Å². The number of anilines is 3. The predicted molar refractivity (Wildman–Crippen MR) is 266 cm³/mol. The van der Waals surface area contributed by atoms with Crippen LogP contribution in [0, 0.1) is 0 Å². The maximum atomic E-state index is 6.67. The van der Waals surface area contributed by atoms with E-state index in [0.29, 0.717) is 0 Å². The van der Waals surface area contributed by atoms with Crippen LogP contribution < -0.4 is 4.90 Å². The average Bonchev–Trinajstić information content (AvgIpc) is 4.04. The number of rotatable bonds is 7. The van der Waals surface area contributed by atoms with Crippen molar-refractivity contribution in [2.24, 2.45) is 0 Å². The lowest BCUT2D eigenvalue weighted by Gasteiger charge is -2.28. The molecule has 0 saturated carbocycles. The minimum Gasteiger partial charge on any atom is -0.456 e. The first-order chi connectivity index (χ1) is 31.7. The number of hydrogen-bond acceptors (Lipinski definition) is 3. The fourth-order valence-corrected chi connectivity index (χ4v) is 9.91. The van der Waals surface area contributed by atoms with Crippen molar-refractivity contribution in [3.8, 4) is 39.1 Å². The van der Waals surface area contributed by atoms with Crippen LogP contribution in [0.4, 0.5) is 17.1 Å². The first-order valence-corrected chi connectivity index (χ1v) is 21.7. The van der Waals surface area contributed by atoms with Gasteiger partial charge in [0, 0.05) is 60.5 Å². The Morgan fingerprint density at radius 3 is 1.78 bits per heavy atom. The van der Waals surface area contributed by atoms with Gasteiger partial charge in [-0.2, -0.15) is 0 Å². The van der Waals surface area contributed by atoms with Crippen molar-refractivity contribution < 1.29 is 8.83 Å². The van der Waals surface area contributed by atoms with Gasteiger partial charge in [0.05, 0.1) is 16.7 Å². The third-order valence-corrected chi connectivity index (χ3v) is 12.8. The second-order valence-corrected chi connectivity index (χ2v) is 16.4. The Bertz CT molecular complexity index is 3910. The molecule has 4 nitrogen and oxygen atoms in total. The second kappa shape index (κ2) is 14.5. The molecule has 3 heterocycles. The van der Waals surface area contributed by atoms with Gasteiger partial charge in [-0.05, 0) is 95.1 Å². The van der Waals surface area contributed by atoms with Crippen molar-refractivity contribution in [2.45, 2.75) is 0 Å². The normalized spacial score (nSPS) is 11.8. The molecule has 13 rings (SSSR count). The monoisotopic (exact) mass is 818 g/mol. The molecule has 0 aliphatic rings. The van der Waals surface area contributed by atoms with Gasteiger partial charge >= 0.3 is 0 Å². The Morgan fingerprint density at radius 2 is 0.938 bits per heavy atom. The average molecular weight is 819 g/mol. The van der Waals surface area contributed by atoms with Crippen LogP contribution in [0.5, 0.6) is 0 Å². The van der Waals surface area contributed by atoms with Gasteiger partial charge in [-0.3, -0.25) is 0 Å². The van der Waals surface area contributed by atoms with E-state index < -0.39 is 0 Å². The number of fused-ring (bicyclic) bond motifs is 9. The number of nitrogens with zero attached hydrogens (tertiary/aromatic N) is 2. The van der Waals surface area contributed by atoms with Crippen LogP contribution in [0.1, 0.15) is 0 Å². The summed E-state index contributed by atoms with van der Waals surface area (Å²) < 4.78 is 15.6. The zero-order chi connectivity index (χ0) is 42.1. The lowest BCUT2D eigenvalue weighted by molar-refractivity contribution is 0.669. The van der Waals surface area contributed by atoms with Crippen molar-refractivity contribution in [2.75, 3.05) is 4.90 Å². The molecule has 0 radical (unpaired) electrons. The predicted octanol–water partition coefficient (Wildman–Crippen LogP) is 17.1. The number of furan rings is 2. The Kier molecular flexibility index (Phi) is 8.18. The van der Waals surface area contributed by atoms with Crippen LogP contribution in [0.3, 0.4) is 0 Å². The van der Waals surface area contributed by atoms with E-state index in [2.05, 4.69) is 216 Å². The summed E-state index contributed by atoms with van der Waals surface area (Å²) in [5, 5.41) is 6.80. The highest BCUT2D eigenvalue weighted by Gasteiger charge is 2.22. The first kappa shape index (κ1) is 36.1. The smallest absolute Gasteiger partial charge is 0.143 e. The summed E-state index contributed by atoms with van der Waals surface area (Å²) in [6.45, 7) is 0. The van der Waals surface area contributed by atoms with E-state index in [1.165, 1.54) is 16.3 Å². The van der Waals surface area contributed by atoms with E-state index in [4.69, 9.17) is 8.83 Å². The SMILES string of the molecule is c1ccc(-c2ccccc2N(c2ccccc2)c2ccc3c4ccccc4n(-c4ccc(-c5cccc6c5oc5ccccc56)c(-c5ccc6c(c5)oc5ccccc56)c4)c3c2)cc1. The van der Waals surface area contributed by atoms with Crippen molar-refractivity contribution >= 4 is 82.7 Å². The quantitative estimate of drug-likeness (QED) is 0.161. The molecule has 10 aromatic carbocycles. The van der Waals surface area contributed by atoms with Crippen molar-refractivity contribution in [1.29, 1.82) is 0 Å². The maximum absolute atomic E-state index is 6.67. The number of aromatic nitrogens is 1. The van der Waals surface area contributed by atoms with Crippen LogP contribution in [0.25, 0.3) is 105 Å². The maximum Gasteiger partial charge on any atom is 0.143 e. The van der Waals surface area contributed by atoms with E-state index in [1.807, 2.05) is 24.3 Å². The highest BCUT2D eigenvalue weighted by Crippen LogP contribution is 2.46. The van der Waals surface area contributed by atoms with E-state index in [-0.39, 0.29) is 0 Å². The highest BCUT2D eigenvalue weighted by molar-refractivity contribution is 6.13. The summed E-state index contributed by atoms with van der Waals surface area (Å²) in [4.78, 5) is 2.38. The zero-order valence-electron chi connectivity index (χ0n) is 34.7. The van der Waals surface area contributed by atoms with Crippen LogP contribution in [0.15, 0.2) is 239 Å². The molecule has 0 aliphatic heterocycles. The van der Waals surface area contributed by atoms with E-state index >= 15 is 0 Å². The van der Waals surface area contributed by atoms with Crippen LogP contribution in [0.2, 0.25) is 0 Å². The summed E-state index contributed by atoms with van der Waals surface area (Å²) in [6, 6.07) is 82.2. The Hall–Kier alpha value is -8.60. The number of para-hydroxylation sites is 6. The third kappa shape index (κ3) is 5.70. The molecule has 3 aromatic heterocycles. The fourth-order valence-electron chi connectivity index (χ4n) is 9.91. The second-order valence-electron chi connectivity index (χ2n) is 16.4. The standard InChI is InChI=1S/C60H38N2O2/c1-3-16-39(17-4-1)44-20-7-11-26-54(44)61(41-18-5-2-6-19-41)43-32-35-47-46-21-8-12-27-55(46)62(56(47)38-43)42-31-34-45(51-24-15-25-52-49-23-10-14-29-58(49)64-60(51)52)53(37-42)40-30-33-50-48-22-9-13-28-57(48)63-59(50)36-40/h1-38H. The molecule has 13 aromatic rings. The lowest BCUT2D eigenvalue weighted by atomic mass is 9.92. The Balaban J connectivity index is 1.06. The van der Waals surface area contributed by atoms with Gasteiger partial charge in [-0.25, -0.2) is 0 Å². The molecule has 0 unspecified atom stereocenters. The van der Waals surface area contributed by atoms with Crippen molar-refractivity contribution in [1.82, 2.24) is 4.57 Å². The lowest BCUT2D eigenvalue weighted by Crippen LogP contribution is -2.11. The van der Waals surface area contributed by atoms with Crippen LogP contribution >= 0.6 is 0 Å². The van der Waals surface area contributed by atoms with Gasteiger partial charge in [0.15, 0.2) is 0 Å². The summed E-state index contributed by atoms with van der Waals surface area (Å²) in [5.74, 6) is 0. The molecular weight excluding hydrogens is 781 g/mol. The molecule has 0 atom stereocenters. The van der Waals surface area contributed by atoms with Crippen molar-refractivity contribution in [3.05, 3.63) is 231 Å². The van der Waals surface area contributed by atoms with Gasteiger partial charge in [0.1, 0.15) is 22.3 Å². The van der Waals surface area contributed by atoms with Gasteiger partial charge in [0.25, 0.3) is 0 Å². The summed E-state index contributed by atoms with van der Waals surface area (Å²) in [6.07, 6.45) is 0. The first-order valence-electron chi connectivity index (χ1n) is 21.7. The topological polar surface area (TPSA) is 34.5 Å². The number of benzene rings is 10. The van der Waals surface area contributed by atoms with E-state index in [9.17, 15) is 0 Å². The molecule has 0 aliphatic carbocycles. The fraction of sp³-hybridized carbons (Fsp3) is 0. The summed E-state index contributed by atoms with van der Waals surface area (Å²) in [5.41, 5.74) is 16.6. The van der Waals surface area contributed by atoms with Crippen LogP contribution in [-0.2, 0) is 0 Å². The molecular formula is C60H38N2O2. The summed E-state index contributed by atoms with van der Waals surface area (Å²) >= 11 is 0. The molecule has 0 spiro atoms. The Labute approximate surface area is 369 Å². The third-order valence-electron chi connectivity index (χ3n) is 12.8. The van der Waals surface area contributed by atoms with Gasteiger partial charge in [-0.15, -0.1) is 0 Å². The van der Waals surface area contributed by atoms with Gasteiger partial charge < -0.3 is 18.3 Å². The summed E-state index contributed by atoms with van der Waals surface area (Å²) in [7, 11) is 0. The molecule has 64 heavy (non-hydrogen) atoms. The van der Waals surface area contributed by atoms with Gasteiger partial charge in [0.2, 0.25) is 0 Å². The molecule has 300 valence electrons. The van der Waals surface area contributed by atoms with Crippen molar-refractivity contribution in [3.63, 3.8) is 0 Å². The minimum atomic E-state index is 0.857. The van der Waals surface area contributed by atoms with Gasteiger partial charge in [-0.1, -0.05) is 158 Å². The Morgan fingerprint density at radius 1 is 0.312 bits per heavy atom. The molecule has 0 bridgehead atoms. The molecule has 0 saturated heterocycles. The highest BCUT2D eigenvalue weighted by atomic mass is 16.3. The molecule has 0 amide bonds. The number of hydrogen-bond donors (Lipinski definition) is 0. The minimum absolute atomic E-state index is 0.857.